The van der Waals surface area contributed by atoms with Gasteiger partial charge >= 0.3 is 0 Å². The molecule has 0 atom stereocenters. The second kappa shape index (κ2) is 6.78. The lowest BCUT2D eigenvalue weighted by Crippen LogP contribution is -2.25. The second-order valence-corrected chi connectivity index (χ2v) is 6.86. The largest absolute Gasteiger partial charge is 0.293 e. The smallest absolute Gasteiger partial charge is 0.275 e. The van der Waals surface area contributed by atoms with Gasteiger partial charge in [0.05, 0.1) is 5.69 Å². The van der Waals surface area contributed by atoms with Crippen LogP contribution in [0.5, 0.6) is 0 Å². The van der Waals surface area contributed by atoms with Gasteiger partial charge in [-0.15, -0.1) is 0 Å². The molecule has 0 N–H and O–H groups in total. The van der Waals surface area contributed by atoms with Crippen LogP contribution in [0.3, 0.4) is 0 Å². The number of aryl methyl sites for hydroxylation is 1. The molecule has 7 heteroatoms. The molecule has 1 aromatic carbocycles. The van der Waals surface area contributed by atoms with Crippen molar-refractivity contribution in [3.8, 4) is 0 Å². The Morgan fingerprint density at radius 3 is 2.83 bits per heavy atom. The summed E-state index contributed by atoms with van der Waals surface area (Å²) < 4.78 is 1.36. The number of nitrogens with zero attached hydrogens (tertiary/aromatic N) is 4. The van der Waals surface area contributed by atoms with E-state index >= 15 is 0 Å². The van der Waals surface area contributed by atoms with Crippen molar-refractivity contribution in [2.24, 2.45) is 0 Å². The standard InChI is InChI=1S/C16H17ClN4OS/c1-3-20(9-12-6-4-5-7-14(12)17)10-13-8-15(22)21-16(18-13)23-11(2)19-21/h4-8H,3,9-10H2,1-2H3. The van der Waals surface area contributed by atoms with Gasteiger partial charge < -0.3 is 0 Å². The van der Waals surface area contributed by atoms with Crippen molar-refractivity contribution in [2.45, 2.75) is 26.9 Å². The first-order valence-corrected chi connectivity index (χ1v) is 8.58. The maximum absolute atomic E-state index is 12.1. The first-order valence-electron chi connectivity index (χ1n) is 7.39. The van der Waals surface area contributed by atoms with E-state index in [9.17, 15) is 4.79 Å². The SMILES string of the molecule is CCN(Cc1cc(=O)n2nc(C)sc2n1)Cc1ccccc1Cl. The highest BCUT2D eigenvalue weighted by Crippen LogP contribution is 2.18. The van der Waals surface area contributed by atoms with Gasteiger partial charge in [-0.05, 0) is 25.1 Å². The predicted molar refractivity (Wildman–Crippen MR) is 93.1 cm³/mol. The van der Waals surface area contributed by atoms with Crippen LogP contribution in [-0.2, 0) is 13.1 Å². The summed E-state index contributed by atoms with van der Waals surface area (Å²) in [4.78, 5) is 19.5. The fourth-order valence-electron chi connectivity index (χ4n) is 2.41. The molecule has 0 saturated carbocycles. The molecule has 0 aliphatic rings. The molecule has 2 aromatic heterocycles. The number of fused-ring (bicyclic) bond motifs is 1. The van der Waals surface area contributed by atoms with Crippen LogP contribution in [0, 0.1) is 6.92 Å². The Morgan fingerprint density at radius 1 is 1.30 bits per heavy atom. The molecule has 0 radical (unpaired) electrons. The summed E-state index contributed by atoms with van der Waals surface area (Å²) in [6.45, 7) is 6.12. The molecular weight excluding hydrogens is 332 g/mol. The van der Waals surface area contributed by atoms with Gasteiger partial charge in [-0.2, -0.15) is 9.61 Å². The normalized spacial score (nSPS) is 11.5. The van der Waals surface area contributed by atoms with Crippen LogP contribution in [0.25, 0.3) is 4.96 Å². The van der Waals surface area contributed by atoms with Gasteiger partial charge in [0.25, 0.3) is 5.56 Å². The molecule has 5 nitrogen and oxygen atoms in total. The molecule has 2 heterocycles. The lowest BCUT2D eigenvalue weighted by atomic mass is 10.2. The molecule has 0 saturated heterocycles. The van der Waals surface area contributed by atoms with Crippen molar-refractivity contribution in [1.29, 1.82) is 0 Å². The summed E-state index contributed by atoms with van der Waals surface area (Å²) in [6, 6.07) is 9.36. The zero-order valence-electron chi connectivity index (χ0n) is 13.0. The topological polar surface area (TPSA) is 50.5 Å². The Morgan fingerprint density at radius 2 is 2.09 bits per heavy atom. The first kappa shape index (κ1) is 16.1. The second-order valence-electron chi connectivity index (χ2n) is 5.30. The van der Waals surface area contributed by atoms with Gasteiger partial charge in [0.1, 0.15) is 5.01 Å². The number of rotatable bonds is 5. The highest BCUT2D eigenvalue weighted by Gasteiger charge is 2.11. The summed E-state index contributed by atoms with van der Waals surface area (Å²) >= 11 is 7.65. The van der Waals surface area contributed by atoms with Gasteiger partial charge in [-0.1, -0.05) is 48.1 Å². The van der Waals surface area contributed by atoms with Crippen molar-refractivity contribution in [2.75, 3.05) is 6.54 Å². The molecular formula is C16H17ClN4OS. The molecule has 0 bridgehead atoms. The average Bonchev–Trinajstić information content (AvgIpc) is 2.89. The summed E-state index contributed by atoms with van der Waals surface area (Å²) in [5.41, 5.74) is 1.69. The fourth-order valence-corrected chi connectivity index (χ4v) is 3.37. The lowest BCUT2D eigenvalue weighted by Gasteiger charge is -2.20. The number of hydrogen-bond acceptors (Lipinski definition) is 5. The Kier molecular flexibility index (Phi) is 4.75. The highest BCUT2D eigenvalue weighted by molar-refractivity contribution is 7.16. The third-order valence-electron chi connectivity index (χ3n) is 3.58. The molecule has 3 aromatic rings. The molecule has 23 heavy (non-hydrogen) atoms. The molecule has 3 rings (SSSR count). The maximum Gasteiger partial charge on any atom is 0.275 e. The third kappa shape index (κ3) is 3.60. The van der Waals surface area contributed by atoms with Crippen LogP contribution in [0.15, 0.2) is 35.1 Å². The van der Waals surface area contributed by atoms with E-state index in [-0.39, 0.29) is 5.56 Å². The molecule has 0 aliphatic carbocycles. The summed E-state index contributed by atoms with van der Waals surface area (Å²) in [7, 11) is 0. The van der Waals surface area contributed by atoms with E-state index in [1.54, 1.807) is 6.07 Å². The third-order valence-corrected chi connectivity index (χ3v) is 4.78. The Labute approximate surface area is 143 Å². The quantitative estimate of drug-likeness (QED) is 0.710. The summed E-state index contributed by atoms with van der Waals surface area (Å²) in [5, 5.41) is 5.75. The van der Waals surface area contributed by atoms with Gasteiger partial charge in [0.15, 0.2) is 0 Å². The van der Waals surface area contributed by atoms with Crippen LogP contribution < -0.4 is 5.56 Å². The molecule has 120 valence electrons. The van der Waals surface area contributed by atoms with Crippen molar-refractivity contribution in [3.63, 3.8) is 0 Å². The van der Waals surface area contributed by atoms with E-state index < -0.39 is 0 Å². The molecule has 0 amide bonds. The minimum atomic E-state index is -0.136. The van der Waals surface area contributed by atoms with Gasteiger partial charge in [0, 0.05) is 24.2 Å². The van der Waals surface area contributed by atoms with E-state index in [1.165, 1.54) is 15.9 Å². The highest BCUT2D eigenvalue weighted by atomic mass is 35.5. The van der Waals surface area contributed by atoms with E-state index in [0.29, 0.717) is 11.5 Å². The fraction of sp³-hybridized carbons (Fsp3) is 0.312. The van der Waals surface area contributed by atoms with Crippen molar-refractivity contribution >= 4 is 27.9 Å². The maximum atomic E-state index is 12.1. The van der Waals surface area contributed by atoms with E-state index in [1.807, 2.05) is 31.2 Å². The van der Waals surface area contributed by atoms with Crippen LogP contribution in [0.2, 0.25) is 5.02 Å². The van der Waals surface area contributed by atoms with Gasteiger partial charge in [-0.3, -0.25) is 9.69 Å². The average molecular weight is 349 g/mol. The number of halogens is 1. The van der Waals surface area contributed by atoms with Crippen LogP contribution in [0.1, 0.15) is 23.2 Å². The Balaban J connectivity index is 1.84. The first-order chi connectivity index (χ1) is 11.1. The molecule has 0 unspecified atom stereocenters. The van der Waals surface area contributed by atoms with E-state index in [0.717, 1.165) is 34.4 Å². The Bertz CT molecular complexity index is 889. The van der Waals surface area contributed by atoms with Crippen molar-refractivity contribution in [1.82, 2.24) is 19.5 Å². The minimum absolute atomic E-state index is 0.136. The van der Waals surface area contributed by atoms with E-state index in [2.05, 4.69) is 21.9 Å². The zero-order valence-corrected chi connectivity index (χ0v) is 14.6. The number of aromatic nitrogens is 3. The number of hydrogen-bond donors (Lipinski definition) is 0. The molecule has 0 fully saturated rings. The van der Waals surface area contributed by atoms with Gasteiger partial charge in [0.2, 0.25) is 4.96 Å². The molecule has 0 spiro atoms. The summed E-state index contributed by atoms with van der Waals surface area (Å²) in [5.74, 6) is 0. The lowest BCUT2D eigenvalue weighted by molar-refractivity contribution is 0.268. The molecule has 0 aliphatic heterocycles. The van der Waals surface area contributed by atoms with E-state index in [4.69, 9.17) is 11.6 Å². The zero-order chi connectivity index (χ0) is 16.4. The minimum Gasteiger partial charge on any atom is -0.293 e. The Hall–Kier alpha value is -1.76. The predicted octanol–water partition coefficient (Wildman–Crippen LogP) is 3.13. The summed E-state index contributed by atoms with van der Waals surface area (Å²) in [6.07, 6.45) is 0. The van der Waals surface area contributed by atoms with Crippen LogP contribution >= 0.6 is 22.9 Å². The van der Waals surface area contributed by atoms with Crippen LogP contribution in [-0.4, -0.2) is 26.0 Å². The van der Waals surface area contributed by atoms with Crippen LogP contribution in [0.4, 0.5) is 0 Å². The van der Waals surface area contributed by atoms with Crippen molar-refractivity contribution in [3.05, 3.63) is 62.0 Å². The number of benzene rings is 1. The van der Waals surface area contributed by atoms with Gasteiger partial charge in [-0.25, -0.2) is 4.98 Å². The monoisotopic (exact) mass is 348 g/mol. The van der Waals surface area contributed by atoms with Crippen molar-refractivity contribution < 1.29 is 0 Å².